The number of nitrogens with one attached hydrogen (secondary N) is 1. The fourth-order valence-corrected chi connectivity index (χ4v) is 2.09. The second-order valence-electron chi connectivity index (χ2n) is 4.45. The molecule has 0 bridgehead atoms. The number of rotatable bonds is 4. The highest BCUT2D eigenvalue weighted by molar-refractivity contribution is 5.74. The van der Waals surface area contributed by atoms with Crippen LogP contribution in [0.4, 0.5) is 4.79 Å². The number of aromatic nitrogens is 2. The normalized spacial score (nSPS) is 16.8. The molecule has 0 aromatic carbocycles. The maximum Gasteiger partial charge on any atom is 0.317 e. The van der Waals surface area contributed by atoms with Crippen LogP contribution in [-0.2, 0) is 6.54 Å². The van der Waals surface area contributed by atoms with Crippen molar-refractivity contribution in [3.8, 4) is 0 Å². The van der Waals surface area contributed by atoms with Crippen LogP contribution in [0.2, 0.25) is 0 Å². The Hall–Kier alpha value is -1.56. The minimum atomic E-state index is 0.0471. The molecule has 0 atom stereocenters. The fraction of sp³-hybridized carbons (Fsp3) is 0.667. The number of hydrogen-bond acceptors (Lipinski definition) is 3. The molecule has 1 saturated heterocycles. The van der Waals surface area contributed by atoms with Crippen LogP contribution in [0, 0.1) is 0 Å². The van der Waals surface area contributed by atoms with E-state index in [4.69, 9.17) is 0 Å². The number of hydrogen-bond donors (Lipinski definition) is 1. The van der Waals surface area contributed by atoms with Gasteiger partial charge in [0.1, 0.15) is 0 Å². The van der Waals surface area contributed by atoms with Crippen LogP contribution in [-0.4, -0.2) is 64.7 Å². The van der Waals surface area contributed by atoms with Crippen molar-refractivity contribution in [3.63, 3.8) is 0 Å². The van der Waals surface area contributed by atoms with E-state index in [0.29, 0.717) is 6.54 Å². The van der Waals surface area contributed by atoms with Crippen LogP contribution in [0.1, 0.15) is 6.92 Å². The molecule has 100 valence electrons. The molecular weight excluding hydrogens is 230 g/mol. The molecule has 0 unspecified atom stereocenters. The Labute approximate surface area is 108 Å². The van der Waals surface area contributed by atoms with Crippen molar-refractivity contribution >= 4 is 6.03 Å². The first-order valence-electron chi connectivity index (χ1n) is 6.50. The lowest BCUT2D eigenvalue weighted by Gasteiger charge is -2.34. The van der Waals surface area contributed by atoms with E-state index in [2.05, 4.69) is 22.1 Å². The number of urea groups is 1. The zero-order chi connectivity index (χ0) is 12.8. The third-order valence-electron chi connectivity index (χ3n) is 3.31. The fourth-order valence-electron chi connectivity index (χ4n) is 2.09. The van der Waals surface area contributed by atoms with Gasteiger partial charge in [0.25, 0.3) is 0 Å². The smallest absolute Gasteiger partial charge is 0.317 e. The van der Waals surface area contributed by atoms with Gasteiger partial charge in [-0.2, -0.15) is 0 Å². The van der Waals surface area contributed by atoms with Gasteiger partial charge in [0, 0.05) is 51.7 Å². The highest BCUT2D eigenvalue weighted by Gasteiger charge is 2.19. The molecule has 1 fully saturated rings. The SMILES string of the molecule is CCN1CCN(C(=O)NCCn2ccnc2)CC1. The number of likely N-dealkylation sites (N-methyl/N-ethyl adjacent to an activating group) is 1. The summed E-state index contributed by atoms with van der Waals surface area (Å²) < 4.78 is 1.95. The average Bonchev–Trinajstić information content (AvgIpc) is 2.92. The molecule has 0 saturated carbocycles. The van der Waals surface area contributed by atoms with Gasteiger partial charge >= 0.3 is 6.03 Å². The van der Waals surface area contributed by atoms with Gasteiger partial charge in [-0.15, -0.1) is 0 Å². The van der Waals surface area contributed by atoms with Gasteiger partial charge in [0.15, 0.2) is 0 Å². The number of imidazole rings is 1. The topological polar surface area (TPSA) is 53.4 Å². The van der Waals surface area contributed by atoms with Crippen molar-refractivity contribution in [2.45, 2.75) is 13.5 Å². The minimum Gasteiger partial charge on any atom is -0.336 e. The highest BCUT2D eigenvalue weighted by Crippen LogP contribution is 2.01. The number of nitrogens with zero attached hydrogens (tertiary/aromatic N) is 4. The predicted octanol–water partition coefficient (Wildman–Crippen LogP) is 0.230. The van der Waals surface area contributed by atoms with Gasteiger partial charge in [-0.3, -0.25) is 0 Å². The first kappa shape index (κ1) is 12.9. The Bertz CT molecular complexity index is 357. The maximum atomic E-state index is 11.9. The van der Waals surface area contributed by atoms with Crippen LogP contribution in [0.15, 0.2) is 18.7 Å². The second-order valence-corrected chi connectivity index (χ2v) is 4.45. The largest absolute Gasteiger partial charge is 0.336 e. The van der Waals surface area contributed by atoms with Gasteiger partial charge < -0.3 is 19.7 Å². The van der Waals surface area contributed by atoms with Crippen LogP contribution < -0.4 is 5.32 Å². The Balaban J connectivity index is 1.66. The molecule has 0 radical (unpaired) electrons. The number of carbonyl (C=O) groups excluding carboxylic acids is 1. The zero-order valence-electron chi connectivity index (χ0n) is 10.9. The molecule has 2 amide bonds. The van der Waals surface area contributed by atoms with Crippen LogP contribution in [0.5, 0.6) is 0 Å². The van der Waals surface area contributed by atoms with E-state index in [1.807, 2.05) is 15.7 Å². The molecule has 1 N–H and O–H groups in total. The monoisotopic (exact) mass is 251 g/mol. The van der Waals surface area contributed by atoms with Crippen molar-refractivity contribution in [2.24, 2.45) is 0 Å². The third-order valence-corrected chi connectivity index (χ3v) is 3.31. The molecule has 0 spiro atoms. The predicted molar refractivity (Wildman–Crippen MR) is 69.3 cm³/mol. The molecule has 18 heavy (non-hydrogen) atoms. The van der Waals surface area contributed by atoms with E-state index < -0.39 is 0 Å². The van der Waals surface area contributed by atoms with Gasteiger partial charge in [-0.1, -0.05) is 6.92 Å². The first-order chi connectivity index (χ1) is 8.79. The van der Waals surface area contributed by atoms with Crippen molar-refractivity contribution < 1.29 is 4.79 Å². The lowest BCUT2D eigenvalue weighted by molar-refractivity contribution is 0.143. The van der Waals surface area contributed by atoms with E-state index in [1.54, 1.807) is 12.5 Å². The molecule has 1 aliphatic rings. The summed E-state index contributed by atoms with van der Waals surface area (Å²) in [4.78, 5) is 20.1. The van der Waals surface area contributed by atoms with E-state index >= 15 is 0 Å². The number of amides is 2. The molecule has 6 nitrogen and oxygen atoms in total. The average molecular weight is 251 g/mol. The van der Waals surface area contributed by atoms with Gasteiger partial charge in [-0.05, 0) is 6.54 Å². The summed E-state index contributed by atoms with van der Waals surface area (Å²) in [5.41, 5.74) is 0. The Morgan fingerprint density at radius 2 is 2.11 bits per heavy atom. The van der Waals surface area contributed by atoms with Crippen LogP contribution >= 0.6 is 0 Å². The van der Waals surface area contributed by atoms with E-state index in [0.717, 1.165) is 39.3 Å². The molecule has 2 rings (SSSR count). The lowest BCUT2D eigenvalue weighted by atomic mass is 10.3. The van der Waals surface area contributed by atoms with E-state index in [9.17, 15) is 4.79 Å². The van der Waals surface area contributed by atoms with E-state index in [1.165, 1.54) is 0 Å². The highest BCUT2D eigenvalue weighted by atomic mass is 16.2. The van der Waals surface area contributed by atoms with Crippen molar-refractivity contribution in [3.05, 3.63) is 18.7 Å². The first-order valence-corrected chi connectivity index (χ1v) is 6.50. The van der Waals surface area contributed by atoms with Crippen molar-refractivity contribution in [1.82, 2.24) is 24.7 Å². The summed E-state index contributed by atoms with van der Waals surface area (Å²) >= 11 is 0. The molecule has 0 aliphatic carbocycles. The van der Waals surface area contributed by atoms with Gasteiger partial charge in [0.2, 0.25) is 0 Å². The summed E-state index contributed by atoms with van der Waals surface area (Å²) in [5.74, 6) is 0. The Morgan fingerprint density at radius 3 is 2.72 bits per heavy atom. The van der Waals surface area contributed by atoms with E-state index in [-0.39, 0.29) is 6.03 Å². The molecular formula is C12H21N5O. The third kappa shape index (κ3) is 3.46. The standard InChI is InChI=1S/C12H21N5O/c1-2-15-7-9-17(10-8-15)12(18)14-4-6-16-5-3-13-11-16/h3,5,11H,2,4,6-10H2,1H3,(H,14,18). The Kier molecular flexibility index (Phi) is 4.58. The summed E-state index contributed by atoms with van der Waals surface area (Å²) in [6.07, 6.45) is 5.39. The quantitative estimate of drug-likeness (QED) is 0.833. The van der Waals surface area contributed by atoms with Crippen LogP contribution in [0.3, 0.4) is 0 Å². The summed E-state index contributed by atoms with van der Waals surface area (Å²) in [6, 6.07) is 0.0471. The Morgan fingerprint density at radius 1 is 1.33 bits per heavy atom. The summed E-state index contributed by atoms with van der Waals surface area (Å²) in [6.45, 7) is 8.23. The van der Waals surface area contributed by atoms with Gasteiger partial charge in [-0.25, -0.2) is 9.78 Å². The number of piperazine rings is 1. The maximum absolute atomic E-state index is 11.9. The zero-order valence-corrected chi connectivity index (χ0v) is 10.9. The van der Waals surface area contributed by atoms with Crippen molar-refractivity contribution in [2.75, 3.05) is 39.3 Å². The van der Waals surface area contributed by atoms with Gasteiger partial charge in [0.05, 0.1) is 6.33 Å². The van der Waals surface area contributed by atoms with Crippen LogP contribution in [0.25, 0.3) is 0 Å². The summed E-state index contributed by atoms with van der Waals surface area (Å²) in [7, 11) is 0. The molecule has 1 aromatic rings. The number of carbonyl (C=O) groups is 1. The molecule has 1 aliphatic heterocycles. The molecule has 2 heterocycles. The summed E-state index contributed by atoms with van der Waals surface area (Å²) in [5, 5.41) is 2.94. The van der Waals surface area contributed by atoms with Crippen molar-refractivity contribution in [1.29, 1.82) is 0 Å². The second kappa shape index (κ2) is 6.39. The lowest BCUT2D eigenvalue weighted by Crippen LogP contribution is -2.51. The molecule has 6 heteroatoms. The molecule has 1 aromatic heterocycles. The minimum absolute atomic E-state index is 0.0471.